The number of halogens is 2. The number of nitrogens with zero attached hydrogens (tertiary/aromatic N) is 3. The fourth-order valence-electron chi connectivity index (χ4n) is 3.49. The Morgan fingerprint density at radius 2 is 1.89 bits per heavy atom. The number of carbonyl (C=O) groups is 1. The van der Waals surface area contributed by atoms with Gasteiger partial charge in [-0.25, -0.2) is 4.39 Å². The second-order valence-corrected chi connectivity index (χ2v) is 7.28. The standard InChI is InChI=1S/C20H18ClFN4O/c1-12(27)23-15-7-8-17(21)16(11-15)18-24-25-19(26(18)2)20(9-10-20)13-3-5-14(22)6-4-13/h3-8,11H,9-10H2,1-2H3,(H,23,27). The lowest BCUT2D eigenvalue weighted by Crippen LogP contribution is -2.15. The van der Waals surface area contributed by atoms with Crippen LogP contribution >= 0.6 is 11.6 Å². The molecule has 7 heteroatoms. The third-order valence-electron chi connectivity index (χ3n) is 4.98. The maximum absolute atomic E-state index is 13.3. The van der Waals surface area contributed by atoms with Crippen molar-refractivity contribution in [3.63, 3.8) is 0 Å². The first-order valence-electron chi connectivity index (χ1n) is 8.64. The number of benzene rings is 2. The van der Waals surface area contributed by atoms with Crippen LogP contribution in [0.25, 0.3) is 11.4 Å². The average Bonchev–Trinajstić information content (AvgIpc) is 3.34. The largest absolute Gasteiger partial charge is 0.326 e. The van der Waals surface area contributed by atoms with Crippen molar-refractivity contribution in [3.05, 3.63) is 64.7 Å². The van der Waals surface area contributed by atoms with E-state index in [0.717, 1.165) is 24.2 Å². The van der Waals surface area contributed by atoms with Crippen LogP contribution in [-0.4, -0.2) is 20.7 Å². The molecule has 1 fully saturated rings. The van der Waals surface area contributed by atoms with E-state index in [1.165, 1.54) is 19.1 Å². The van der Waals surface area contributed by atoms with Gasteiger partial charge in [0, 0.05) is 25.2 Å². The fourth-order valence-corrected chi connectivity index (χ4v) is 3.70. The maximum Gasteiger partial charge on any atom is 0.221 e. The van der Waals surface area contributed by atoms with Gasteiger partial charge >= 0.3 is 0 Å². The minimum absolute atomic E-state index is 0.157. The Morgan fingerprint density at radius 1 is 1.19 bits per heavy atom. The summed E-state index contributed by atoms with van der Waals surface area (Å²) in [6.07, 6.45) is 1.87. The molecule has 4 rings (SSSR count). The normalized spacial score (nSPS) is 14.8. The number of hydrogen-bond donors (Lipinski definition) is 1. The molecule has 0 aliphatic heterocycles. The molecule has 0 atom stereocenters. The predicted octanol–water partition coefficient (Wildman–Crippen LogP) is 4.31. The first-order chi connectivity index (χ1) is 12.9. The van der Waals surface area contributed by atoms with Gasteiger partial charge in [-0.05, 0) is 48.7 Å². The van der Waals surface area contributed by atoms with Crippen molar-refractivity contribution in [3.8, 4) is 11.4 Å². The summed E-state index contributed by atoms with van der Waals surface area (Å²) in [6.45, 7) is 1.45. The molecule has 1 saturated carbocycles. The molecule has 0 bridgehead atoms. The lowest BCUT2D eigenvalue weighted by atomic mass is 9.95. The van der Waals surface area contributed by atoms with Gasteiger partial charge in [0.25, 0.3) is 0 Å². The molecule has 138 valence electrons. The molecule has 3 aromatic rings. The van der Waals surface area contributed by atoms with Crippen molar-refractivity contribution < 1.29 is 9.18 Å². The van der Waals surface area contributed by atoms with Gasteiger partial charge in [-0.2, -0.15) is 0 Å². The molecular weight excluding hydrogens is 367 g/mol. The van der Waals surface area contributed by atoms with Gasteiger partial charge in [0.05, 0.1) is 10.4 Å². The summed E-state index contributed by atoms with van der Waals surface area (Å²) < 4.78 is 15.2. The maximum atomic E-state index is 13.3. The topological polar surface area (TPSA) is 59.8 Å². The monoisotopic (exact) mass is 384 g/mol. The molecular formula is C20H18ClFN4O. The highest BCUT2D eigenvalue weighted by atomic mass is 35.5. The zero-order valence-electron chi connectivity index (χ0n) is 15.0. The highest BCUT2D eigenvalue weighted by Crippen LogP contribution is 2.53. The molecule has 1 aliphatic rings. The number of anilines is 1. The Bertz CT molecular complexity index is 1020. The van der Waals surface area contributed by atoms with Crippen LogP contribution in [0.1, 0.15) is 31.2 Å². The number of rotatable bonds is 4. The van der Waals surface area contributed by atoms with E-state index in [9.17, 15) is 9.18 Å². The van der Waals surface area contributed by atoms with Gasteiger partial charge in [-0.3, -0.25) is 4.79 Å². The molecule has 27 heavy (non-hydrogen) atoms. The minimum atomic E-state index is -0.255. The summed E-state index contributed by atoms with van der Waals surface area (Å²) in [5.41, 5.74) is 2.13. The molecule has 0 radical (unpaired) electrons. The van der Waals surface area contributed by atoms with E-state index in [4.69, 9.17) is 11.6 Å². The minimum Gasteiger partial charge on any atom is -0.326 e. The first kappa shape index (κ1) is 17.7. The Morgan fingerprint density at radius 3 is 2.52 bits per heavy atom. The Hall–Kier alpha value is -2.73. The SMILES string of the molecule is CC(=O)Nc1ccc(Cl)c(-c2nnc(C3(c4ccc(F)cc4)CC3)n2C)c1. The summed E-state index contributed by atoms with van der Waals surface area (Å²) in [6, 6.07) is 11.8. The van der Waals surface area contributed by atoms with E-state index < -0.39 is 0 Å². The van der Waals surface area contributed by atoms with Crippen LogP contribution in [0, 0.1) is 5.82 Å². The summed E-state index contributed by atoms with van der Waals surface area (Å²) in [5, 5.41) is 12.1. The van der Waals surface area contributed by atoms with Gasteiger partial charge in [0.1, 0.15) is 11.6 Å². The van der Waals surface area contributed by atoms with E-state index in [1.807, 2.05) is 11.6 Å². The molecule has 1 N–H and O–H groups in total. The molecule has 5 nitrogen and oxygen atoms in total. The molecule has 1 amide bonds. The third-order valence-corrected chi connectivity index (χ3v) is 5.31. The van der Waals surface area contributed by atoms with Crippen LogP contribution in [0.5, 0.6) is 0 Å². The second kappa shape index (κ2) is 6.46. The zero-order valence-corrected chi connectivity index (χ0v) is 15.7. The van der Waals surface area contributed by atoms with E-state index >= 15 is 0 Å². The van der Waals surface area contributed by atoms with Crippen LogP contribution in [-0.2, 0) is 17.3 Å². The van der Waals surface area contributed by atoms with Crippen LogP contribution in [0.3, 0.4) is 0 Å². The third kappa shape index (κ3) is 3.10. The number of carbonyl (C=O) groups excluding carboxylic acids is 1. The highest BCUT2D eigenvalue weighted by Gasteiger charge is 2.50. The molecule has 0 spiro atoms. The second-order valence-electron chi connectivity index (χ2n) is 6.87. The summed E-state index contributed by atoms with van der Waals surface area (Å²) in [4.78, 5) is 11.3. The van der Waals surface area contributed by atoms with Crippen molar-refractivity contribution in [1.82, 2.24) is 14.8 Å². The average molecular weight is 385 g/mol. The number of hydrogen-bond acceptors (Lipinski definition) is 3. The van der Waals surface area contributed by atoms with Crippen molar-refractivity contribution in [2.75, 3.05) is 5.32 Å². The van der Waals surface area contributed by atoms with Crippen LogP contribution in [0.2, 0.25) is 5.02 Å². The quantitative estimate of drug-likeness (QED) is 0.729. The molecule has 0 unspecified atom stereocenters. The van der Waals surface area contributed by atoms with Gasteiger partial charge in [-0.15, -0.1) is 10.2 Å². The summed E-state index contributed by atoms with van der Waals surface area (Å²) >= 11 is 6.38. The lowest BCUT2D eigenvalue weighted by molar-refractivity contribution is -0.114. The van der Waals surface area contributed by atoms with Crippen LogP contribution < -0.4 is 5.32 Å². The van der Waals surface area contributed by atoms with Gasteiger partial charge < -0.3 is 9.88 Å². The van der Waals surface area contributed by atoms with Gasteiger partial charge in [-0.1, -0.05) is 23.7 Å². The lowest BCUT2D eigenvalue weighted by Gasteiger charge is -2.16. The predicted molar refractivity (Wildman–Crippen MR) is 102 cm³/mol. The van der Waals surface area contributed by atoms with Gasteiger partial charge in [0.15, 0.2) is 5.82 Å². The van der Waals surface area contributed by atoms with E-state index in [1.54, 1.807) is 30.3 Å². The molecule has 2 aromatic carbocycles. The van der Waals surface area contributed by atoms with Crippen molar-refractivity contribution in [1.29, 1.82) is 0 Å². The van der Waals surface area contributed by atoms with Crippen LogP contribution in [0.15, 0.2) is 42.5 Å². The Balaban J connectivity index is 1.75. The fraction of sp³-hybridized carbons (Fsp3) is 0.250. The smallest absolute Gasteiger partial charge is 0.221 e. The van der Waals surface area contributed by atoms with Crippen molar-refractivity contribution in [2.24, 2.45) is 7.05 Å². The van der Waals surface area contributed by atoms with Crippen molar-refractivity contribution in [2.45, 2.75) is 25.2 Å². The number of nitrogens with one attached hydrogen (secondary N) is 1. The molecule has 1 aliphatic carbocycles. The van der Waals surface area contributed by atoms with Crippen LogP contribution in [0.4, 0.5) is 10.1 Å². The van der Waals surface area contributed by atoms with E-state index in [0.29, 0.717) is 22.1 Å². The molecule has 1 aromatic heterocycles. The molecule has 1 heterocycles. The van der Waals surface area contributed by atoms with E-state index in [2.05, 4.69) is 15.5 Å². The Kier molecular flexibility index (Phi) is 4.23. The van der Waals surface area contributed by atoms with Crippen molar-refractivity contribution >= 4 is 23.2 Å². The summed E-state index contributed by atoms with van der Waals surface area (Å²) in [7, 11) is 1.90. The number of amides is 1. The zero-order chi connectivity index (χ0) is 19.2. The molecule has 0 saturated heterocycles. The first-order valence-corrected chi connectivity index (χ1v) is 9.02. The van der Waals surface area contributed by atoms with E-state index in [-0.39, 0.29) is 17.1 Å². The summed E-state index contributed by atoms with van der Waals surface area (Å²) in [5.74, 6) is 1.03. The number of aromatic nitrogens is 3. The highest BCUT2D eigenvalue weighted by molar-refractivity contribution is 6.33. The Labute approximate surface area is 161 Å². The van der Waals surface area contributed by atoms with Gasteiger partial charge in [0.2, 0.25) is 5.91 Å².